The number of nitrogens with zero attached hydrogens (tertiary/aromatic N) is 1. The van der Waals surface area contributed by atoms with E-state index in [-0.39, 0.29) is 17.9 Å². The van der Waals surface area contributed by atoms with Crippen LogP contribution in [0.3, 0.4) is 0 Å². The number of carbonyl (C=O) groups excluding carboxylic acids is 2. The molecule has 0 bridgehead atoms. The summed E-state index contributed by atoms with van der Waals surface area (Å²) >= 11 is 5.92. The van der Waals surface area contributed by atoms with Crippen molar-refractivity contribution < 1.29 is 18.7 Å². The zero-order valence-electron chi connectivity index (χ0n) is 14.5. The third kappa shape index (κ3) is 4.58. The van der Waals surface area contributed by atoms with Crippen molar-refractivity contribution >= 4 is 23.4 Å². The van der Waals surface area contributed by atoms with Gasteiger partial charge in [0.15, 0.2) is 11.9 Å². The maximum atomic E-state index is 12.3. The van der Waals surface area contributed by atoms with E-state index in [9.17, 15) is 9.59 Å². The maximum Gasteiger partial charge on any atom is 0.289 e. The van der Waals surface area contributed by atoms with E-state index in [4.69, 9.17) is 20.8 Å². The number of nitrogens with one attached hydrogen (secondary N) is 1. The fraction of sp³-hybridized carbons (Fsp3) is 0.368. The molecule has 0 saturated carbocycles. The Balaban J connectivity index is 1.46. The maximum absolute atomic E-state index is 12.3. The zero-order valence-corrected chi connectivity index (χ0v) is 15.2. The van der Waals surface area contributed by atoms with Crippen LogP contribution in [-0.2, 0) is 4.79 Å². The van der Waals surface area contributed by atoms with Gasteiger partial charge in [-0.3, -0.25) is 9.59 Å². The number of likely N-dealkylation sites (tertiary alicyclic amines) is 1. The molecule has 26 heavy (non-hydrogen) atoms. The number of amides is 2. The van der Waals surface area contributed by atoms with Gasteiger partial charge in [0.2, 0.25) is 0 Å². The first-order chi connectivity index (χ1) is 12.5. The molecule has 1 aliphatic heterocycles. The van der Waals surface area contributed by atoms with E-state index >= 15 is 0 Å². The van der Waals surface area contributed by atoms with Crippen LogP contribution in [0.1, 0.15) is 30.3 Å². The topological polar surface area (TPSA) is 71.8 Å². The molecule has 1 fully saturated rings. The Bertz CT molecular complexity index is 755. The molecule has 2 aromatic rings. The van der Waals surface area contributed by atoms with Gasteiger partial charge < -0.3 is 19.4 Å². The van der Waals surface area contributed by atoms with E-state index in [2.05, 4.69) is 5.32 Å². The normalized spacial score (nSPS) is 16.2. The summed E-state index contributed by atoms with van der Waals surface area (Å²) in [7, 11) is 0. The first-order valence-corrected chi connectivity index (χ1v) is 8.96. The van der Waals surface area contributed by atoms with E-state index < -0.39 is 6.10 Å². The van der Waals surface area contributed by atoms with Crippen LogP contribution >= 0.6 is 11.6 Å². The van der Waals surface area contributed by atoms with Crippen molar-refractivity contribution in [3.05, 3.63) is 53.4 Å². The molecular formula is C19H21ClN2O4. The molecule has 1 aromatic heterocycles. The molecule has 1 saturated heterocycles. The zero-order chi connectivity index (χ0) is 18.5. The molecule has 1 unspecified atom stereocenters. The quantitative estimate of drug-likeness (QED) is 0.870. The van der Waals surface area contributed by atoms with Crippen molar-refractivity contribution in [3.63, 3.8) is 0 Å². The Morgan fingerprint density at radius 1 is 1.27 bits per heavy atom. The first-order valence-electron chi connectivity index (χ1n) is 8.58. The van der Waals surface area contributed by atoms with Gasteiger partial charge in [0.25, 0.3) is 11.8 Å². The lowest BCUT2D eigenvalue weighted by molar-refractivity contribution is -0.128. The van der Waals surface area contributed by atoms with Gasteiger partial charge in [0.1, 0.15) is 5.75 Å². The highest BCUT2D eigenvalue weighted by Gasteiger charge is 2.27. The predicted octanol–water partition coefficient (Wildman–Crippen LogP) is 3.12. The lowest BCUT2D eigenvalue weighted by atomic mass is 10.0. The molecule has 2 heterocycles. The Hall–Kier alpha value is -2.47. The van der Waals surface area contributed by atoms with Gasteiger partial charge >= 0.3 is 0 Å². The van der Waals surface area contributed by atoms with Crippen molar-refractivity contribution in [2.24, 2.45) is 0 Å². The Labute approximate surface area is 157 Å². The van der Waals surface area contributed by atoms with Gasteiger partial charge in [-0.05, 0) is 50.1 Å². The number of benzene rings is 1. The monoisotopic (exact) mass is 376 g/mol. The molecule has 7 heteroatoms. The van der Waals surface area contributed by atoms with E-state index in [1.54, 1.807) is 48.2 Å². The van der Waals surface area contributed by atoms with Gasteiger partial charge in [-0.1, -0.05) is 17.7 Å². The van der Waals surface area contributed by atoms with Crippen molar-refractivity contribution in [1.29, 1.82) is 0 Å². The number of halogens is 1. The van der Waals surface area contributed by atoms with Crippen LogP contribution in [0.4, 0.5) is 0 Å². The summed E-state index contributed by atoms with van der Waals surface area (Å²) in [4.78, 5) is 26.3. The number of rotatable bonds is 5. The number of hydrogen-bond acceptors (Lipinski definition) is 4. The summed E-state index contributed by atoms with van der Waals surface area (Å²) in [5.41, 5.74) is 0. The van der Waals surface area contributed by atoms with Gasteiger partial charge in [-0.15, -0.1) is 0 Å². The number of carbonyl (C=O) groups is 2. The van der Waals surface area contributed by atoms with Gasteiger partial charge in [-0.2, -0.15) is 0 Å². The smallest absolute Gasteiger partial charge is 0.289 e. The summed E-state index contributed by atoms with van der Waals surface area (Å²) < 4.78 is 10.8. The second-order valence-electron chi connectivity index (χ2n) is 6.27. The van der Waals surface area contributed by atoms with E-state index in [0.29, 0.717) is 42.5 Å². The molecule has 3 rings (SSSR count). The molecule has 1 aliphatic rings. The molecule has 0 spiro atoms. The summed E-state index contributed by atoms with van der Waals surface area (Å²) in [5.74, 6) is 0.605. The van der Waals surface area contributed by atoms with Crippen LogP contribution < -0.4 is 10.1 Å². The molecular weight excluding hydrogens is 356 g/mol. The molecule has 0 radical (unpaired) electrons. The number of ether oxygens (including phenoxy) is 1. The minimum absolute atomic E-state index is 0.0218. The minimum atomic E-state index is -0.628. The van der Waals surface area contributed by atoms with Crippen LogP contribution in [0, 0.1) is 0 Å². The Kier molecular flexibility index (Phi) is 5.83. The lowest BCUT2D eigenvalue weighted by Gasteiger charge is -2.32. The highest BCUT2D eigenvalue weighted by atomic mass is 35.5. The molecule has 2 amide bonds. The van der Waals surface area contributed by atoms with Crippen molar-refractivity contribution in [1.82, 2.24) is 10.2 Å². The third-order valence-electron chi connectivity index (χ3n) is 4.34. The average Bonchev–Trinajstić information content (AvgIpc) is 3.16. The molecule has 0 aliphatic carbocycles. The second-order valence-corrected chi connectivity index (χ2v) is 6.71. The minimum Gasteiger partial charge on any atom is -0.481 e. The highest BCUT2D eigenvalue weighted by Crippen LogP contribution is 2.19. The van der Waals surface area contributed by atoms with Crippen LogP contribution in [-0.4, -0.2) is 41.9 Å². The number of piperidine rings is 1. The summed E-state index contributed by atoms with van der Waals surface area (Å²) in [6.07, 6.45) is 2.25. The van der Waals surface area contributed by atoms with Crippen LogP contribution in [0.15, 0.2) is 47.1 Å². The predicted molar refractivity (Wildman–Crippen MR) is 97.3 cm³/mol. The SMILES string of the molecule is CC(Oc1cccc(Cl)c1)C(=O)NC1CCN(C(=O)c2ccco2)CC1. The van der Waals surface area contributed by atoms with E-state index in [1.807, 2.05) is 0 Å². The summed E-state index contributed by atoms with van der Waals surface area (Å²) in [6.45, 7) is 2.85. The van der Waals surface area contributed by atoms with Crippen molar-refractivity contribution in [2.75, 3.05) is 13.1 Å². The van der Waals surface area contributed by atoms with Gasteiger partial charge in [0, 0.05) is 24.2 Å². The Morgan fingerprint density at radius 2 is 2.04 bits per heavy atom. The van der Waals surface area contributed by atoms with Crippen molar-refractivity contribution in [3.8, 4) is 5.75 Å². The summed E-state index contributed by atoms with van der Waals surface area (Å²) in [6, 6.07) is 10.3. The van der Waals surface area contributed by atoms with Crippen molar-refractivity contribution in [2.45, 2.75) is 31.9 Å². The molecule has 1 N–H and O–H groups in total. The molecule has 1 aromatic carbocycles. The average molecular weight is 377 g/mol. The number of furan rings is 1. The lowest BCUT2D eigenvalue weighted by Crippen LogP contribution is -2.49. The number of hydrogen-bond donors (Lipinski definition) is 1. The molecule has 1 atom stereocenters. The largest absolute Gasteiger partial charge is 0.481 e. The standard InChI is InChI=1S/C19H21ClN2O4/c1-13(26-16-5-2-4-14(20)12-16)18(23)21-15-7-9-22(10-8-15)19(24)17-6-3-11-25-17/h2-6,11-13,15H,7-10H2,1H3,(H,21,23). The second kappa shape index (κ2) is 8.27. The third-order valence-corrected chi connectivity index (χ3v) is 4.57. The molecule has 138 valence electrons. The molecule has 6 nitrogen and oxygen atoms in total. The van der Waals surface area contributed by atoms with Gasteiger partial charge in [-0.25, -0.2) is 0 Å². The Morgan fingerprint density at radius 3 is 2.69 bits per heavy atom. The fourth-order valence-electron chi connectivity index (χ4n) is 2.90. The van der Waals surface area contributed by atoms with Crippen LogP contribution in [0.2, 0.25) is 5.02 Å². The van der Waals surface area contributed by atoms with E-state index in [1.165, 1.54) is 6.26 Å². The fourth-order valence-corrected chi connectivity index (χ4v) is 3.08. The highest BCUT2D eigenvalue weighted by molar-refractivity contribution is 6.30. The summed E-state index contributed by atoms with van der Waals surface area (Å²) in [5, 5.41) is 3.55. The van der Waals surface area contributed by atoms with Crippen LogP contribution in [0.25, 0.3) is 0 Å². The first kappa shape index (κ1) is 18.3. The van der Waals surface area contributed by atoms with Gasteiger partial charge in [0.05, 0.1) is 6.26 Å². The van der Waals surface area contributed by atoms with E-state index in [0.717, 1.165) is 0 Å². The van der Waals surface area contributed by atoms with Crippen LogP contribution in [0.5, 0.6) is 5.75 Å².